The molecule has 0 saturated carbocycles. The number of nitrogens with one attached hydrogen (secondary N) is 1. The molecular formula is C14H10N2O6. The largest absolute Gasteiger partial charge is 0.506 e. The van der Waals surface area contributed by atoms with Crippen LogP contribution in [0.2, 0.25) is 0 Å². The van der Waals surface area contributed by atoms with Crippen LogP contribution in [0.1, 0.15) is 20.7 Å². The van der Waals surface area contributed by atoms with Crippen molar-refractivity contribution in [3.05, 3.63) is 35.4 Å². The van der Waals surface area contributed by atoms with Crippen molar-refractivity contribution in [2.45, 2.75) is 0 Å². The van der Waals surface area contributed by atoms with Gasteiger partial charge in [-0.3, -0.25) is 0 Å². The molecule has 1 heterocycles. The van der Waals surface area contributed by atoms with Gasteiger partial charge in [0.1, 0.15) is 11.3 Å². The smallest absolute Gasteiger partial charge is 0.340 e. The third-order valence-corrected chi connectivity index (χ3v) is 3.25. The maximum Gasteiger partial charge on any atom is 0.340 e. The van der Waals surface area contributed by atoms with Crippen molar-refractivity contribution >= 4 is 29.0 Å². The maximum absolute atomic E-state index is 11.4. The fourth-order valence-corrected chi connectivity index (χ4v) is 2.25. The Morgan fingerprint density at radius 3 is 2.45 bits per heavy atom. The molecule has 0 amide bonds. The van der Waals surface area contributed by atoms with E-state index in [0.717, 1.165) is 0 Å². The van der Waals surface area contributed by atoms with Crippen molar-refractivity contribution in [1.29, 1.82) is 0 Å². The highest BCUT2D eigenvalue weighted by Gasteiger charge is 2.29. The van der Waals surface area contributed by atoms with Crippen LogP contribution in [0.25, 0.3) is 0 Å². The topological polar surface area (TPSA) is 142 Å². The van der Waals surface area contributed by atoms with Gasteiger partial charge < -0.3 is 31.1 Å². The highest BCUT2D eigenvalue weighted by molar-refractivity contribution is 6.06. The normalized spacial score (nSPS) is 11.6. The van der Waals surface area contributed by atoms with E-state index in [0.29, 0.717) is 0 Å². The first-order valence-electron chi connectivity index (χ1n) is 6.10. The van der Waals surface area contributed by atoms with Crippen LogP contribution in [0.4, 0.5) is 17.1 Å². The van der Waals surface area contributed by atoms with E-state index in [2.05, 4.69) is 5.32 Å². The lowest BCUT2D eigenvalue weighted by Gasteiger charge is -2.25. The van der Waals surface area contributed by atoms with Gasteiger partial charge in [0.2, 0.25) is 0 Å². The van der Waals surface area contributed by atoms with Gasteiger partial charge >= 0.3 is 11.9 Å². The second-order valence-corrected chi connectivity index (χ2v) is 4.57. The molecule has 0 radical (unpaired) electrons. The average molecular weight is 302 g/mol. The maximum atomic E-state index is 11.4. The van der Waals surface area contributed by atoms with Crippen LogP contribution < -0.4 is 15.8 Å². The monoisotopic (exact) mass is 302 g/mol. The predicted molar refractivity (Wildman–Crippen MR) is 76.2 cm³/mol. The molecule has 0 spiro atoms. The summed E-state index contributed by atoms with van der Waals surface area (Å²) < 4.78 is 5.49. The van der Waals surface area contributed by atoms with E-state index < -0.39 is 17.7 Å². The zero-order chi connectivity index (χ0) is 16.0. The number of hydrogen-bond acceptors (Lipinski definition) is 6. The molecule has 22 heavy (non-hydrogen) atoms. The van der Waals surface area contributed by atoms with Crippen molar-refractivity contribution in [2.75, 3.05) is 11.1 Å². The minimum absolute atomic E-state index is 0.0102. The lowest BCUT2D eigenvalue weighted by molar-refractivity contribution is 0.0688. The third kappa shape index (κ3) is 1.85. The summed E-state index contributed by atoms with van der Waals surface area (Å²) in [6.45, 7) is 0. The van der Waals surface area contributed by atoms with Crippen molar-refractivity contribution in [2.24, 2.45) is 0 Å². The van der Waals surface area contributed by atoms with Gasteiger partial charge in [0.15, 0.2) is 11.5 Å². The van der Waals surface area contributed by atoms with E-state index in [4.69, 9.17) is 10.5 Å². The van der Waals surface area contributed by atoms with Crippen LogP contribution in [-0.2, 0) is 0 Å². The number of phenols is 1. The Hall–Kier alpha value is -3.42. The molecule has 2 aromatic carbocycles. The first kappa shape index (κ1) is 13.6. The van der Waals surface area contributed by atoms with Crippen molar-refractivity contribution in [1.82, 2.24) is 0 Å². The fourth-order valence-electron chi connectivity index (χ4n) is 2.25. The average Bonchev–Trinajstić information content (AvgIpc) is 2.45. The molecule has 112 valence electrons. The Morgan fingerprint density at radius 1 is 1.09 bits per heavy atom. The predicted octanol–water partition coefficient (Wildman–Crippen LogP) is 2.22. The number of hydrogen-bond donors (Lipinski definition) is 5. The van der Waals surface area contributed by atoms with E-state index in [9.17, 15) is 24.9 Å². The lowest BCUT2D eigenvalue weighted by Crippen LogP contribution is -2.14. The first-order valence-corrected chi connectivity index (χ1v) is 6.10. The molecule has 0 fully saturated rings. The lowest BCUT2D eigenvalue weighted by atomic mass is 10.0. The Balaban J connectivity index is 2.25. The molecule has 3 rings (SSSR count). The Kier molecular flexibility index (Phi) is 2.81. The second kappa shape index (κ2) is 4.55. The number of aromatic carboxylic acids is 2. The van der Waals surface area contributed by atoms with Crippen molar-refractivity contribution in [3.63, 3.8) is 0 Å². The van der Waals surface area contributed by atoms with Crippen LogP contribution in [0.3, 0.4) is 0 Å². The molecule has 1 aliphatic rings. The molecule has 6 N–H and O–H groups in total. The van der Waals surface area contributed by atoms with E-state index >= 15 is 0 Å². The minimum atomic E-state index is -1.38. The highest BCUT2D eigenvalue weighted by Crippen LogP contribution is 2.48. The number of fused-ring (bicyclic) bond motifs is 2. The summed E-state index contributed by atoms with van der Waals surface area (Å²) in [5, 5.41) is 30.9. The number of benzene rings is 2. The number of carbonyl (C=O) groups is 2. The van der Waals surface area contributed by atoms with E-state index in [-0.39, 0.29) is 39.7 Å². The fraction of sp³-hybridized carbons (Fsp3) is 0. The van der Waals surface area contributed by atoms with Gasteiger partial charge in [0.05, 0.1) is 22.6 Å². The van der Waals surface area contributed by atoms with Gasteiger partial charge in [-0.25, -0.2) is 9.59 Å². The molecule has 2 aromatic rings. The number of nitrogens with two attached hydrogens (primary N) is 1. The number of rotatable bonds is 2. The zero-order valence-electron chi connectivity index (χ0n) is 11.0. The number of para-hydroxylation sites is 1. The van der Waals surface area contributed by atoms with Crippen molar-refractivity contribution < 1.29 is 29.6 Å². The molecular weight excluding hydrogens is 292 g/mol. The summed E-state index contributed by atoms with van der Waals surface area (Å²) in [5.41, 5.74) is 4.89. The standard InChI is InChI=1S/C14H10N2O6/c15-10-6(17)4-8-12(9(10)14(20)21)16-11-5(13(18)19)2-1-3-7(11)22-8/h1-4,16-17H,15H2,(H,18,19)(H,20,21). The minimum Gasteiger partial charge on any atom is -0.506 e. The molecule has 0 bridgehead atoms. The molecule has 0 aromatic heterocycles. The number of phenolic OH excluding ortho intramolecular Hbond substituents is 1. The summed E-state index contributed by atoms with van der Waals surface area (Å²) in [6.07, 6.45) is 0. The number of carboxylic acid groups (broad SMARTS) is 2. The Morgan fingerprint density at radius 2 is 1.82 bits per heavy atom. The molecule has 0 aliphatic carbocycles. The van der Waals surface area contributed by atoms with Crippen molar-refractivity contribution in [3.8, 4) is 17.2 Å². The highest BCUT2D eigenvalue weighted by atomic mass is 16.5. The van der Waals surface area contributed by atoms with E-state index in [1.54, 1.807) is 0 Å². The summed E-state index contributed by atoms with van der Waals surface area (Å²) in [7, 11) is 0. The zero-order valence-corrected chi connectivity index (χ0v) is 11.0. The van der Waals surface area contributed by atoms with E-state index in [1.165, 1.54) is 24.3 Å². The van der Waals surface area contributed by atoms with Crippen LogP contribution in [0.15, 0.2) is 24.3 Å². The SMILES string of the molecule is Nc1c(O)cc2c(c1C(=O)O)Nc1c(cccc1C(=O)O)O2. The van der Waals surface area contributed by atoms with Gasteiger partial charge in [-0.05, 0) is 12.1 Å². The van der Waals surface area contributed by atoms with Crippen LogP contribution in [0, 0.1) is 0 Å². The Bertz CT molecular complexity index is 831. The van der Waals surface area contributed by atoms with Gasteiger partial charge in [-0.15, -0.1) is 0 Å². The van der Waals surface area contributed by atoms with Crippen LogP contribution >= 0.6 is 0 Å². The second-order valence-electron chi connectivity index (χ2n) is 4.57. The van der Waals surface area contributed by atoms with Gasteiger partial charge in [-0.1, -0.05) is 6.07 Å². The molecule has 1 aliphatic heterocycles. The third-order valence-electron chi connectivity index (χ3n) is 3.25. The molecule has 8 nitrogen and oxygen atoms in total. The Labute approximate surface area is 123 Å². The van der Waals surface area contributed by atoms with E-state index in [1.807, 2.05) is 0 Å². The molecule has 8 heteroatoms. The summed E-state index contributed by atoms with van der Waals surface area (Å²) in [4.78, 5) is 22.6. The number of nitrogen functional groups attached to an aromatic ring is 1. The summed E-state index contributed by atoms with van der Waals surface area (Å²) >= 11 is 0. The summed E-state index contributed by atoms with van der Waals surface area (Å²) in [5.74, 6) is -2.76. The number of anilines is 3. The van der Waals surface area contributed by atoms with Crippen LogP contribution in [-0.4, -0.2) is 27.3 Å². The van der Waals surface area contributed by atoms with Gasteiger partial charge in [0, 0.05) is 6.07 Å². The number of aromatic hydroxyl groups is 1. The van der Waals surface area contributed by atoms with Crippen LogP contribution in [0.5, 0.6) is 17.2 Å². The number of carboxylic acids is 2. The molecule has 0 saturated heterocycles. The van der Waals surface area contributed by atoms with Gasteiger partial charge in [0.25, 0.3) is 0 Å². The molecule has 0 atom stereocenters. The number of ether oxygens (including phenoxy) is 1. The summed E-state index contributed by atoms with van der Waals surface area (Å²) in [6, 6.07) is 5.53. The molecule has 0 unspecified atom stereocenters. The quantitative estimate of drug-likeness (QED) is 0.275. The van der Waals surface area contributed by atoms with Gasteiger partial charge in [-0.2, -0.15) is 0 Å². The first-order chi connectivity index (χ1) is 10.4.